The summed E-state index contributed by atoms with van der Waals surface area (Å²) in [6, 6.07) is 3.12. The maximum absolute atomic E-state index is 10.9. The zero-order chi connectivity index (χ0) is 13.2. The highest BCUT2D eigenvalue weighted by atomic mass is 79.9. The average molecular weight is 366 g/mol. The van der Waals surface area contributed by atoms with Crippen molar-refractivity contribution < 1.29 is 9.72 Å². The smallest absolute Gasteiger partial charge is 0.272 e. The van der Waals surface area contributed by atoms with Crippen LogP contribution in [0.2, 0.25) is 0 Å². The Morgan fingerprint density at radius 3 is 2.65 bits per heavy atom. The number of alkyl halides is 1. The first kappa shape index (κ1) is 14.1. The molecule has 0 saturated carbocycles. The number of nitrogens with zero attached hydrogens (tertiary/aromatic N) is 1. The molecule has 0 aliphatic heterocycles. The molecule has 17 heavy (non-hydrogen) atoms. The molecule has 2 N–H and O–H groups in total. The molecule has 0 aliphatic carbocycles. The molecule has 7 heteroatoms. The maximum atomic E-state index is 10.9. The van der Waals surface area contributed by atoms with Crippen molar-refractivity contribution in [3.8, 4) is 0 Å². The molecule has 1 unspecified atom stereocenters. The lowest BCUT2D eigenvalue weighted by Crippen LogP contribution is -2.25. The fourth-order valence-corrected chi connectivity index (χ4v) is 2.32. The zero-order valence-corrected chi connectivity index (χ0v) is 12.1. The third kappa shape index (κ3) is 3.50. The normalized spacial score (nSPS) is 12.2. The van der Waals surface area contributed by atoms with Crippen molar-refractivity contribution in [1.82, 2.24) is 0 Å². The summed E-state index contributed by atoms with van der Waals surface area (Å²) < 4.78 is 0.728. The third-order valence-corrected chi connectivity index (χ3v) is 3.78. The van der Waals surface area contributed by atoms with E-state index in [1.165, 1.54) is 6.07 Å². The van der Waals surface area contributed by atoms with Crippen molar-refractivity contribution in [2.75, 3.05) is 0 Å². The summed E-state index contributed by atoms with van der Waals surface area (Å²) in [5, 5.41) is 10.8. The van der Waals surface area contributed by atoms with E-state index in [0.29, 0.717) is 17.5 Å². The molecule has 5 nitrogen and oxygen atoms in total. The Bertz CT molecular complexity index is 477. The standard InChI is InChI=1S/C10H10Br2N2O3/c1-5-2-7(11)6(3-8(12)10(13)15)4-9(5)14(16)17/h2,4,8H,3H2,1H3,(H2,13,15). The van der Waals surface area contributed by atoms with Gasteiger partial charge >= 0.3 is 0 Å². The number of hydrogen-bond acceptors (Lipinski definition) is 3. The van der Waals surface area contributed by atoms with Gasteiger partial charge < -0.3 is 5.73 Å². The molecule has 1 aromatic carbocycles. The Morgan fingerprint density at radius 2 is 2.18 bits per heavy atom. The first-order valence-corrected chi connectivity index (χ1v) is 6.40. The number of primary amides is 1. The summed E-state index contributed by atoms with van der Waals surface area (Å²) in [7, 11) is 0. The van der Waals surface area contributed by atoms with Crippen LogP contribution in [0.1, 0.15) is 11.1 Å². The van der Waals surface area contributed by atoms with E-state index < -0.39 is 15.7 Å². The Morgan fingerprint density at radius 1 is 1.59 bits per heavy atom. The van der Waals surface area contributed by atoms with Gasteiger partial charge in [-0.05, 0) is 25.0 Å². The second-order valence-corrected chi connectivity index (χ2v) is 5.52. The van der Waals surface area contributed by atoms with Gasteiger partial charge in [0, 0.05) is 16.1 Å². The largest absolute Gasteiger partial charge is 0.369 e. The van der Waals surface area contributed by atoms with Gasteiger partial charge in [0.2, 0.25) is 5.91 Å². The predicted molar refractivity (Wildman–Crippen MR) is 71.1 cm³/mol. The van der Waals surface area contributed by atoms with E-state index in [1.54, 1.807) is 13.0 Å². The van der Waals surface area contributed by atoms with Crippen molar-refractivity contribution in [3.63, 3.8) is 0 Å². The van der Waals surface area contributed by atoms with Gasteiger partial charge in [0.1, 0.15) is 0 Å². The van der Waals surface area contributed by atoms with E-state index >= 15 is 0 Å². The minimum absolute atomic E-state index is 0.0346. The summed E-state index contributed by atoms with van der Waals surface area (Å²) >= 11 is 6.44. The van der Waals surface area contributed by atoms with Crippen LogP contribution < -0.4 is 5.73 Å². The van der Waals surface area contributed by atoms with Gasteiger partial charge in [-0.25, -0.2) is 0 Å². The monoisotopic (exact) mass is 364 g/mol. The minimum atomic E-state index is -0.541. The van der Waals surface area contributed by atoms with Crippen LogP contribution in [-0.2, 0) is 11.2 Å². The summed E-state index contributed by atoms with van der Waals surface area (Å²) in [5.74, 6) is -0.500. The van der Waals surface area contributed by atoms with E-state index in [4.69, 9.17) is 5.73 Å². The molecule has 0 saturated heterocycles. The summed E-state index contributed by atoms with van der Waals surface area (Å²) in [5.41, 5.74) is 6.40. The fraction of sp³-hybridized carbons (Fsp3) is 0.300. The van der Waals surface area contributed by atoms with Gasteiger partial charge in [-0.15, -0.1) is 0 Å². The molecule has 0 heterocycles. The number of hydrogen-bond donors (Lipinski definition) is 1. The van der Waals surface area contributed by atoms with Gasteiger partial charge in [-0.3, -0.25) is 14.9 Å². The number of rotatable bonds is 4. The number of halogens is 2. The molecule has 0 fully saturated rings. The van der Waals surface area contributed by atoms with Crippen LogP contribution in [0, 0.1) is 17.0 Å². The third-order valence-electron chi connectivity index (χ3n) is 2.27. The molecule has 92 valence electrons. The number of carbonyl (C=O) groups is 1. The Labute approximate surface area is 115 Å². The lowest BCUT2D eigenvalue weighted by Gasteiger charge is -2.09. The lowest BCUT2D eigenvalue weighted by molar-refractivity contribution is -0.385. The van der Waals surface area contributed by atoms with Crippen molar-refractivity contribution in [1.29, 1.82) is 0 Å². The Kier molecular flexibility index (Phi) is 4.64. The first-order chi connectivity index (χ1) is 7.82. The maximum Gasteiger partial charge on any atom is 0.272 e. The summed E-state index contributed by atoms with van der Waals surface area (Å²) in [6.07, 6.45) is 0.303. The highest BCUT2D eigenvalue weighted by molar-refractivity contribution is 9.10. The molecule has 0 spiro atoms. The van der Waals surface area contributed by atoms with Crippen molar-refractivity contribution in [2.45, 2.75) is 18.2 Å². The zero-order valence-electron chi connectivity index (χ0n) is 8.94. The topological polar surface area (TPSA) is 86.2 Å². The van der Waals surface area contributed by atoms with Crippen LogP contribution in [0.3, 0.4) is 0 Å². The highest BCUT2D eigenvalue weighted by Crippen LogP contribution is 2.28. The minimum Gasteiger partial charge on any atom is -0.369 e. The van der Waals surface area contributed by atoms with E-state index in [-0.39, 0.29) is 5.69 Å². The number of aryl methyl sites for hydroxylation is 1. The second kappa shape index (κ2) is 5.59. The highest BCUT2D eigenvalue weighted by Gasteiger charge is 2.18. The lowest BCUT2D eigenvalue weighted by atomic mass is 10.1. The van der Waals surface area contributed by atoms with Crippen molar-refractivity contribution in [2.24, 2.45) is 5.73 Å². The van der Waals surface area contributed by atoms with Crippen LogP contribution in [0.15, 0.2) is 16.6 Å². The number of nitro benzene ring substituents is 1. The SMILES string of the molecule is Cc1cc(Br)c(CC(Br)C(N)=O)cc1[N+](=O)[O-]. The van der Waals surface area contributed by atoms with Gasteiger partial charge in [-0.1, -0.05) is 31.9 Å². The summed E-state index contributed by atoms with van der Waals surface area (Å²) in [6.45, 7) is 1.66. The van der Waals surface area contributed by atoms with Gasteiger partial charge in [-0.2, -0.15) is 0 Å². The van der Waals surface area contributed by atoms with Gasteiger partial charge in [0.25, 0.3) is 5.69 Å². The molecule has 0 bridgehead atoms. The predicted octanol–water partition coefficient (Wildman–Crippen LogP) is 2.46. The van der Waals surface area contributed by atoms with E-state index in [2.05, 4.69) is 31.9 Å². The van der Waals surface area contributed by atoms with E-state index in [0.717, 1.165) is 4.47 Å². The van der Waals surface area contributed by atoms with E-state index in [9.17, 15) is 14.9 Å². The van der Waals surface area contributed by atoms with E-state index in [1.807, 2.05) is 0 Å². The van der Waals surface area contributed by atoms with Crippen LogP contribution in [0.4, 0.5) is 5.69 Å². The summed E-state index contributed by atoms with van der Waals surface area (Å²) in [4.78, 5) is 20.7. The fourth-order valence-electron chi connectivity index (χ4n) is 1.35. The Balaban J connectivity index is 3.12. The quantitative estimate of drug-likeness (QED) is 0.505. The number of nitro groups is 1. The molecule has 1 rings (SSSR count). The van der Waals surface area contributed by atoms with Crippen LogP contribution in [0.5, 0.6) is 0 Å². The van der Waals surface area contributed by atoms with Crippen LogP contribution >= 0.6 is 31.9 Å². The molecule has 1 atom stereocenters. The van der Waals surface area contributed by atoms with Crippen LogP contribution in [0.25, 0.3) is 0 Å². The van der Waals surface area contributed by atoms with Crippen LogP contribution in [-0.4, -0.2) is 15.7 Å². The molecular formula is C10H10Br2N2O3. The number of nitrogens with two attached hydrogens (primary N) is 1. The number of amides is 1. The van der Waals surface area contributed by atoms with Gasteiger partial charge in [0.15, 0.2) is 0 Å². The Hall–Kier alpha value is -0.950. The number of carbonyl (C=O) groups excluding carboxylic acids is 1. The molecule has 1 aromatic rings. The van der Waals surface area contributed by atoms with Crippen molar-refractivity contribution >= 4 is 43.5 Å². The molecular weight excluding hydrogens is 356 g/mol. The molecule has 0 aliphatic rings. The van der Waals surface area contributed by atoms with Crippen molar-refractivity contribution in [3.05, 3.63) is 37.8 Å². The average Bonchev–Trinajstić information content (AvgIpc) is 2.21. The second-order valence-electron chi connectivity index (χ2n) is 3.56. The molecule has 0 aromatic heterocycles. The number of benzene rings is 1. The first-order valence-electron chi connectivity index (χ1n) is 4.69. The molecule has 0 radical (unpaired) electrons. The molecule has 1 amide bonds. The van der Waals surface area contributed by atoms with Gasteiger partial charge in [0.05, 0.1) is 9.75 Å².